The zero-order valence-corrected chi connectivity index (χ0v) is 17.9. The lowest BCUT2D eigenvalue weighted by molar-refractivity contribution is 0.0991. The molecule has 1 amide bonds. The maximum absolute atomic E-state index is 13.1. The number of halogens is 3. The van der Waals surface area contributed by atoms with E-state index in [1.54, 1.807) is 24.3 Å². The molecule has 0 saturated carbocycles. The first-order valence-electron chi connectivity index (χ1n) is 7.95. The molecule has 2 aromatic heterocycles. The lowest BCUT2D eigenvalue weighted by Crippen LogP contribution is -2.24. The minimum Gasteiger partial charge on any atom is -0.266 e. The Morgan fingerprint density at radius 3 is 2.64 bits per heavy atom. The van der Waals surface area contributed by atoms with E-state index in [0.717, 1.165) is 14.7 Å². The number of carbonyl (C=O) groups is 1. The Labute approximate surface area is 181 Å². The topological polar surface area (TPSA) is 45.6 Å². The molecule has 2 aromatic carbocycles. The summed E-state index contributed by atoms with van der Waals surface area (Å²) in [7, 11) is 0. The fourth-order valence-corrected chi connectivity index (χ4v) is 4.81. The van der Waals surface area contributed by atoms with E-state index in [9.17, 15) is 9.18 Å². The second-order valence-corrected chi connectivity index (χ2v) is 9.27. The number of thiophene rings is 1. The van der Waals surface area contributed by atoms with Crippen molar-refractivity contribution in [2.24, 2.45) is 5.10 Å². The lowest BCUT2D eigenvalue weighted by atomic mass is 10.2. The zero-order valence-electron chi connectivity index (χ0n) is 14.0. The summed E-state index contributed by atoms with van der Waals surface area (Å²) in [6.07, 6.45) is 1.49. The highest BCUT2D eigenvalue weighted by atomic mass is 79.9. The molecule has 28 heavy (non-hydrogen) atoms. The predicted octanol–water partition coefficient (Wildman–Crippen LogP) is 6.59. The van der Waals surface area contributed by atoms with Crippen LogP contribution in [-0.2, 0) is 0 Å². The Balaban J connectivity index is 1.75. The number of carbonyl (C=O) groups excluding carboxylic acids is 1. The Hall–Kier alpha value is -2.13. The molecule has 4 nitrogen and oxygen atoms in total. The number of fused-ring (bicyclic) bond motifs is 1. The maximum atomic E-state index is 13.1. The van der Waals surface area contributed by atoms with Gasteiger partial charge in [-0.15, -0.1) is 11.3 Å². The number of aromatic nitrogens is 1. The van der Waals surface area contributed by atoms with Crippen molar-refractivity contribution in [1.82, 2.24) is 4.98 Å². The van der Waals surface area contributed by atoms with Crippen molar-refractivity contribution in [3.05, 3.63) is 79.7 Å². The second kappa shape index (κ2) is 8.08. The predicted molar refractivity (Wildman–Crippen MR) is 117 cm³/mol. The molecule has 0 fully saturated rings. The van der Waals surface area contributed by atoms with Crippen LogP contribution in [0.25, 0.3) is 10.2 Å². The smallest absolute Gasteiger partial charge is 0.266 e. The van der Waals surface area contributed by atoms with Crippen LogP contribution < -0.4 is 5.01 Å². The summed E-state index contributed by atoms with van der Waals surface area (Å²) in [5.41, 5.74) is 1.43. The third kappa shape index (κ3) is 4.15. The zero-order chi connectivity index (χ0) is 19.7. The molecule has 0 saturated heterocycles. The standard InChI is InChI=1S/C19H10BrClFN3OS2/c20-12-3-6-14-16(9-12)28-19(24-14)25(18(26)15-7-8-17(21)27-15)23-10-11-1-4-13(22)5-2-11/h1-10H/b23-10+. The highest BCUT2D eigenvalue weighted by molar-refractivity contribution is 9.10. The molecule has 140 valence electrons. The van der Waals surface area contributed by atoms with Gasteiger partial charge < -0.3 is 0 Å². The van der Waals surface area contributed by atoms with Gasteiger partial charge in [-0.3, -0.25) is 4.79 Å². The SMILES string of the molecule is O=C(c1ccc(Cl)s1)N(/N=C/c1ccc(F)cc1)c1nc2ccc(Br)cc2s1. The number of hydrogen-bond donors (Lipinski definition) is 0. The van der Waals surface area contributed by atoms with Crippen LogP contribution in [0.5, 0.6) is 0 Å². The number of benzene rings is 2. The fourth-order valence-electron chi connectivity index (χ4n) is 2.37. The number of thiazole rings is 1. The van der Waals surface area contributed by atoms with Crippen LogP contribution in [0.2, 0.25) is 4.34 Å². The fraction of sp³-hybridized carbons (Fsp3) is 0. The van der Waals surface area contributed by atoms with Crippen LogP contribution in [0.4, 0.5) is 9.52 Å². The van der Waals surface area contributed by atoms with Gasteiger partial charge >= 0.3 is 0 Å². The van der Waals surface area contributed by atoms with Gasteiger partial charge in [0.15, 0.2) is 0 Å². The van der Waals surface area contributed by atoms with Crippen molar-refractivity contribution in [2.75, 3.05) is 5.01 Å². The number of hydrogen-bond acceptors (Lipinski definition) is 5. The van der Waals surface area contributed by atoms with Gasteiger partial charge in [-0.05, 0) is 48.0 Å². The number of nitrogens with zero attached hydrogens (tertiary/aromatic N) is 3. The average molecular weight is 495 g/mol. The van der Waals surface area contributed by atoms with Gasteiger partial charge in [-0.2, -0.15) is 10.1 Å². The van der Waals surface area contributed by atoms with Gasteiger partial charge in [0.1, 0.15) is 5.82 Å². The van der Waals surface area contributed by atoms with Crippen molar-refractivity contribution < 1.29 is 9.18 Å². The molecule has 2 heterocycles. The number of anilines is 1. The number of rotatable bonds is 4. The van der Waals surface area contributed by atoms with Crippen LogP contribution in [0, 0.1) is 5.82 Å². The van der Waals surface area contributed by atoms with E-state index >= 15 is 0 Å². The molecule has 0 aliphatic heterocycles. The molecule has 0 unspecified atom stereocenters. The number of hydrazone groups is 1. The van der Waals surface area contributed by atoms with Crippen LogP contribution in [-0.4, -0.2) is 17.1 Å². The van der Waals surface area contributed by atoms with Gasteiger partial charge in [-0.1, -0.05) is 51.0 Å². The van der Waals surface area contributed by atoms with E-state index < -0.39 is 0 Å². The first-order chi connectivity index (χ1) is 13.5. The summed E-state index contributed by atoms with van der Waals surface area (Å²) < 4.78 is 15.5. The van der Waals surface area contributed by atoms with Crippen LogP contribution in [0.1, 0.15) is 15.2 Å². The van der Waals surface area contributed by atoms with Crippen LogP contribution in [0.15, 0.2) is 64.2 Å². The maximum Gasteiger partial charge on any atom is 0.290 e. The van der Waals surface area contributed by atoms with Gasteiger partial charge in [0.25, 0.3) is 5.91 Å². The summed E-state index contributed by atoms with van der Waals surface area (Å²) in [6, 6.07) is 14.8. The highest BCUT2D eigenvalue weighted by Crippen LogP contribution is 2.33. The van der Waals surface area contributed by atoms with E-state index in [1.807, 2.05) is 18.2 Å². The third-order valence-corrected chi connectivity index (χ3v) is 6.40. The monoisotopic (exact) mass is 493 g/mol. The summed E-state index contributed by atoms with van der Waals surface area (Å²) in [5.74, 6) is -0.677. The minimum absolute atomic E-state index is 0.338. The summed E-state index contributed by atoms with van der Waals surface area (Å²) in [4.78, 5) is 18.0. The largest absolute Gasteiger partial charge is 0.290 e. The first kappa shape index (κ1) is 19.2. The van der Waals surface area contributed by atoms with Crippen molar-refractivity contribution >= 4 is 77.7 Å². The van der Waals surface area contributed by atoms with E-state index in [4.69, 9.17) is 11.6 Å². The molecule has 0 aliphatic carbocycles. The second-order valence-electron chi connectivity index (χ2n) is 5.63. The van der Waals surface area contributed by atoms with E-state index in [-0.39, 0.29) is 11.7 Å². The van der Waals surface area contributed by atoms with Gasteiger partial charge in [0, 0.05) is 4.47 Å². The molecule has 0 radical (unpaired) electrons. The molecule has 4 aromatic rings. The molecule has 0 N–H and O–H groups in total. The third-order valence-electron chi connectivity index (χ3n) is 3.69. The minimum atomic E-state index is -0.339. The van der Waals surface area contributed by atoms with Gasteiger partial charge in [0.2, 0.25) is 5.13 Å². The molecule has 4 rings (SSSR count). The molecule has 0 spiro atoms. The van der Waals surface area contributed by atoms with E-state index in [0.29, 0.717) is 19.9 Å². The molecular weight excluding hydrogens is 485 g/mol. The van der Waals surface area contributed by atoms with Crippen molar-refractivity contribution in [1.29, 1.82) is 0 Å². The van der Waals surface area contributed by atoms with Gasteiger partial charge in [-0.25, -0.2) is 9.37 Å². The summed E-state index contributed by atoms with van der Waals surface area (Å²) in [5, 5.41) is 6.00. The molecule has 0 bridgehead atoms. The molecule has 0 atom stereocenters. The van der Waals surface area contributed by atoms with Crippen molar-refractivity contribution in [3.8, 4) is 0 Å². The number of amides is 1. The van der Waals surface area contributed by atoms with Crippen molar-refractivity contribution in [3.63, 3.8) is 0 Å². The van der Waals surface area contributed by atoms with Crippen LogP contribution in [0.3, 0.4) is 0 Å². The van der Waals surface area contributed by atoms with Crippen molar-refractivity contribution in [2.45, 2.75) is 0 Å². The Morgan fingerprint density at radius 2 is 1.93 bits per heavy atom. The molecule has 0 aliphatic rings. The lowest BCUT2D eigenvalue weighted by Gasteiger charge is -2.12. The van der Waals surface area contributed by atoms with E-state index in [1.165, 1.54) is 46.0 Å². The summed E-state index contributed by atoms with van der Waals surface area (Å²) >= 11 is 11.9. The first-order valence-corrected chi connectivity index (χ1v) is 10.8. The quantitative estimate of drug-likeness (QED) is 0.237. The van der Waals surface area contributed by atoms with Gasteiger partial charge in [0.05, 0.1) is 25.6 Å². The summed E-state index contributed by atoms with van der Waals surface area (Å²) in [6.45, 7) is 0. The van der Waals surface area contributed by atoms with E-state index in [2.05, 4.69) is 26.0 Å². The van der Waals surface area contributed by atoms with Crippen LogP contribution >= 0.6 is 50.2 Å². The normalized spacial score (nSPS) is 11.4. The Morgan fingerprint density at radius 1 is 1.14 bits per heavy atom. The molecule has 9 heteroatoms. The average Bonchev–Trinajstić information content (AvgIpc) is 3.29. The molecular formula is C19H10BrClFN3OS2. The Bertz CT molecular complexity index is 1190. The highest BCUT2D eigenvalue weighted by Gasteiger charge is 2.22. The Kier molecular flexibility index (Phi) is 5.54.